The van der Waals surface area contributed by atoms with Crippen molar-refractivity contribution in [2.45, 2.75) is 44.4 Å². The van der Waals surface area contributed by atoms with Crippen LogP contribution in [0.25, 0.3) is 0 Å². The number of guanidine groups is 1. The molecule has 10 nitrogen and oxygen atoms in total. The molecule has 2 atom stereocenters. The molecule has 2 fully saturated rings. The van der Waals surface area contributed by atoms with Gasteiger partial charge in [0.15, 0.2) is 5.66 Å². The summed E-state index contributed by atoms with van der Waals surface area (Å²) in [6.45, 7) is 12.0. The number of carbonyl (C=O) groups is 1. The summed E-state index contributed by atoms with van der Waals surface area (Å²) in [6.07, 6.45) is 5.86. The SMILES string of the molecule is C=CCN1C(=O)C2=CNC(Nc3ccc(N4CCN(C)CC4)cc3)=NC2(C)N1c1ccc2c(n1)[C@@](C)(O)CCC2. The predicted octanol–water partition coefficient (Wildman–Crippen LogP) is 2.80. The molecule has 1 aliphatic carbocycles. The molecule has 4 aliphatic rings. The lowest BCUT2D eigenvalue weighted by atomic mass is 9.84. The van der Waals surface area contributed by atoms with E-state index in [0.717, 1.165) is 50.3 Å². The van der Waals surface area contributed by atoms with Crippen molar-refractivity contribution in [2.75, 3.05) is 55.0 Å². The number of pyridine rings is 1. The fourth-order valence-corrected chi connectivity index (χ4v) is 6.14. The average Bonchev–Trinajstić information content (AvgIpc) is 3.15. The molecule has 6 rings (SSSR count). The Labute approximate surface area is 235 Å². The first-order chi connectivity index (χ1) is 19.2. The molecule has 3 N–H and O–H groups in total. The number of piperazine rings is 1. The summed E-state index contributed by atoms with van der Waals surface area (Å²) in [5, 5.41) is 21.1. The number of nitrogens with zero attached hydrogens (tertiary/aromatic N) is 6. The second-order valence-corrected chi connectivity index (χ2v) is 11.4. The van der Waals surface area contributed by atoms with Gasteiger partial charge in [0.1, 0.15) is 11.4 Å². The van der Waals surface area contributed by atoms with E-state index in [1.807, 2.05) is 43.1 Å². The number of benzene rings is 1. The predicted molar refractivity (Wildman–Crippen MR) is 158 cm³/mol. The van der Waals surface area contributed by atoms with Crippen molar-refractivity contribution >= 4 is 29.1 Å². The van der Waals surface area contributed by atoms with E-state index < -0.39 is 11.3 Å². The number of anilines is 3. The van der Waals surface area contributed by atoms with Crippen LogP contribution in [0, 0.1) is 0 Å². The van der Waals surface area contributed by atoms with Crippen molar-refractivity contribution in [1.29, 1.82) is 0 Å². The van der Waals surface area contributed by atoms with Crippen LogP contribution in [0.15, 0.2) is 65.8 Å². The summed E-state index contributed by atoms with van der Waals surface area (Å²) in [6, 6.07) is 12.3. The number of likely N-dealkylation sites (N-methyl/N-ethyl adjacent to an activating group) is 1. The molecule has 1 unspecified atom stereocenters. The minimum Gasteiger partial charge on any atom is -0.384 e. The Morgan fingerprint density at radius 3 is 2.60 bits per heavy atom. The van der Waals surface area contributed by atoms with Crippen LogP contribution in [0.4, 0.5) is 17.2 Å². The third-order valence-corrected chi connectivity index (χ3v) is 8.41. The van der Waals surface area contributed by atoms with Crippen LogP contribution >= 0.6 is 0 Å². The van der Waals surface area contributed by atoms with Crippen LogP contribution in [0.1, 0.15) is 37.9 Å². The second-order valence-electron chi connectivity index (χ2n) is 11.4. The number of hydrogen-bond donors (Lipinski definition) is 3. The Morgan fingerprint density at radius 2 is 1.88 bits per heavy atom. The molecular weight excluding hydrogens is 504 g/mol. The number of hydrazine groups is 1. The van der Waals surface area contributed by atoms with E-state index in [1.165, 1.54) is 5.69 Å². The van der Waals surface area contributed by atoms with Crippen LogP contribution in [-0.2, 0) is 16.8 Å². The molecule has 0 radical (unpaired) electrons. The molecule has 4 heterocycles. The Kier molecular flexibility index (Phi) is 6.54. The summed E-state index contributed by atoms with van der Waals surface area (Å²) in [4.78, 5) is 28.2. The van der Waals surface area contributed by atoms with Gasteiger partial charge in [-0.05, 0) is 76.1 Å². The molecule has 0 saturated carbocycles. The maximum Gasteiger partial charge on any atom is 0.274 e. The summed E-state index contributed by atoms with van der Waals surface area (Å²) >= 11 is 0. The van der Waals surface area contributed by atoms with Crippen molar-refractivity contribution in [3.8, 4) is 0 Å². The van der Waals surface area contributed by atoms with Crippen molar-refractivity contribution in [3.05, 3.63) is 72.1 Å². The molecule has 1 amide bonds. The molecule has 3 aliphatic heterocycles. The van der Waals surface area contributed by atoms with E-state index in [1.54, 1.807) is 17.3 Å². The van der Waals surface area contributed by atoms with E-state index in [-0.39, 0.29) is 5.91 Å². The summed E-state index contributed by atoms with van der Waals surface area (Å²) < 4.78 is 0. The third-order valence-electron chi connectivity index (χ3n) is 8.41. The van der Waals surface area contributed by atoms with E-state index in [0.29, 0.717) is 36.0 Å². The molecule has 2 saturated heterocycles. The number of carbonyl (C=O) groups excluding carboxylic acids is 1. The number of amides is 1. The molecular formula is C30H38N8O2. The molecule has 1 aromatic carbocycles. The van der Waals surface area contributed by atoms with Gasteiger partial charge in [0.25, 0.3) is 5.91 Å². The van der Waals surface area contributed by atoms with E-state index in [4.69, 9.17) is 9.98 Å². The van der Waals surface area contributed by atoms with Crippen molar-refractivity contribution < 1.29 is 9.90 Å². The van der Waals surface area contributed by atoms with Crippen molar-refractivity contribution in [3.63, 3.8) is 0 Å². The summed E-state index contributed by atoms with van der Waals surface area (Å²) in [5.74, 6) is 0.922. The maximum atomic E-state index is 13.6. The second kappa shape index (κ2) is 9.94. The van der Waals surface area contributed by atoms with Gasteiger partial charge >= 0.3 is 0 Å². The average molecular weight is 543 g/mol. The first-order valence-corrected chi connectivity index (χ1v) is 14.0. The normalized spacial score (nSPS) is 26.5. The van der Waals surface area contributed by atoms with Crippen LogP contribution in [0.3, 0.4) is 0 Å². The number of hydrogen-bond acceptors (Lipinski definition) is 9. The van der Waals surface area contributed by atoms with Gasteiger partial charge in [-0.3, -0.25) is 4.79 Å². The van der Waals surface area contributed by atoms with Gasteiger partial charge in [0, 0.05) is 43.8 Å². The molecule has 0 bridgehead atoms. The van der Waals surface area contributed by atoms with Crippen LogP contribution in [0.5, 0.6) is 0 Å². The number of fused-ring (bicyclic) bond motifs is 2. The standard InChI is InChI=1S/C30H38N8O2/c1-5-15-37-27(39)24-20-31-28(32-22-9-11-23(12-10-22)36-18-16-35(4)17-19-36)34-30(24,3)38(37)25-13-8-21-7-6-14-29(2,40)26(21)33-25/h5,8-13,20,40H,1,6-7,14-19H2,2-4H3,(H2,31,32,34)/t29-,30?/m0/s1. The minimum absolute atomic E-state index is 0.166. The Balaban J connectivity index is 1.30. The lowest BCUT2D eigenvalue weighted by molar-refractivity contribution is -0.124. The zero-order chi connectivity index (χ0) is 28.1. The van der Waals surface area contributed by atoms with Crippen molar-refractivity contribution in [1.82, 2.24) is 20.2 Å². The lowest BCUT2D eigenvalue weighted by Crippen LogP contribution is -2.51. The highest BCUT2D eigenvalue weighted by Crippen LogP contribution is 2.42. The molecule has 40 heavy (non-hydrogen) atoms. The monoisotopic (exact) mass is 542 g/mol. The fraction of sp³-hybridized carbons (Fsp3) is 0.433. The molecule has 210 valence electrons. The fourth-order valence-electron chi connectivity index (χ4n) is 6.14. The number of aryl methyl sites for hydroxylation is 1. The molecule has 2 aromatic rings. The van der Waals surface area contributed by atoms with Crippen LogP contribution in [-0.4, -0.2) is 77.3 Å². The Morgan fingerprint density at radius 1 is 1.12 bits per heavy atom. The number of nitrogens with one attached hydrogen (secondary N) is 2. The van der Waals surface area contributed by atoms with Gasteiger partial charge in [-0.1, -0.05) is 12.1 Å². The largest absolute Gasteiger partial charge is 0.384 e. The number of aliphatic imine (C=N–C) groups is 1. The summed E-state index contributed by atoms with van der Waals surface area (Å²) in [5.41, 5.74) is 2.25. The minimum atomic E-state index is -1.05. The molecule has 10 heteroatoms. The number of rotatable bonds is 5. The zero-order valence-corrected chi connectivity index (χ0v) is 23.5. The van der Waals surface area contributed by atoms with Gasteiger partial charge in [-0.15, -0.1) is 6.58 Å². The number of aromatic nitrogens is 1. The quantitative estimate of drug-likeness (QED) is 0.496. The van der Waals surface area contributed by atoms with Gasteiger partial charge in [-0.25, -0.2) is 20.0 Å². The van der Waals surface area contributed by atoms with Gasteiger partial charge < -0.3 is 25.5 Å². The highest BCUT2D eigenvalue weighted by molar-refractivity contribution is 6.05. The van der Waals surface area contributed by atoms with Gasteiger partial charge in [0.05, 0.1) is 17.8 Å². The third kappa shape index (κ3) is 4.50. The Bertz CT molecular complexity index is 1380. The van der Waals surface area contributed by atoms with Crippen molar-refractivity contribution in [2.24, 2.45) is 4.99 Å². The molecule has 1 aromatic heterocycles. The van der Waals surface area contributed by atoms with Gasteiger partial charge in [0.2, 0.25) is 5.96 Å². The molecule has 0 spiro atoms. The van der Waals surface area contributed by atoms with Crippen LogP contribution in [0.2, 0.25) is 0 Å². The lowest BCUT2D eigenvalue weighted by Gasteiger charge is -2.39. The topological polar surface area (TPSA) is 99.6 Å². The van der Waals surface area contributed by atoms with E-state index >= 15 is 0 Å². The zero-order valence-electron chi connectivity index (χ0n) is 23.5. The first kappa shape index (κ1) is 26.3. The van der Waals surface area contributed by atoms with E-state index in [9.17, 15) is 9.90 Å². The highest BCUT2D eigenvalue weighted by atomic mass is 16.3. The van der Waals surface area contributed by atoms with Crippen LogP contribution < -0.4 is 20.5 Å². The first-order valence-electron chi connectivity index (χ1n) is 14.0. The van der Waals surface area contributed by atoms with E-state index in [2.05, 4.69) is 46.2 Å². The smallest absolute Gasteiger partial charge is 0.274 e. The highest BCUT2D eigenvalue weighted by Gasteiger charge is 2.54. The van der Waals surface area contributed by atoms with Gasteiger partial charge in [-0.2, -0.15) is 0 Å². The Hall–Kier alpha value is -3.89. The maximum absolute atomic E-state index is 13.6. The summed E-state index contributed by atoms with van der Waals surface area (Å²) in [7, 11) is 2.16. The number of aliphatic hydroxyl groups is 1.